The topological polar surface area (TPSA) is 50.4 Å². The number of benzene rings is 2. The van der Waals surface area contributed by atoms with E-state index in [0.29, 0.717) is 13.1 Å². The maximum atomic E-state index is 12.0. The number of urea groups is 1. The summed E-state index contributed by atoms with van der Waals surface area (Å²) in [7, 11) is 1.63. The van der Waals surface area contributed by atoms with E-state index < -0.39 is 0 Å². The summed E-state index contributed by atoms with van der Waals surface area (Å²) in [6, 6.07) is 15.4. The number of carbonyl (C=O) groups excluding carboxylic acids is 1. The fourth-order valence-corrected chi connectivity index (χ4v) is 2.89. The average molecular weight is 345 g/mol. The van der Waals surface area contributed by atoms with E-state index in [1.165, 1.54) is 5.56 Å². The fraction of sp³-hybridized carbons (Fsp3) is 0.316. The first kappa shape index (κ1) is 16.7. The summed E-state index contributed by atoms with van der Waals surface area (Å²) in [5.74, 6) is 0.807. The molecule has 2 N–H and O–H groups in total. The third kappa shape index (κ3) is 4.01. The van der Waals surface area contributed by atoms with Gasteiger partial charge in [-0.3, -0.25) is 0 Å². The molecule has 1 fully saturated rings. The van der Waals surface area contributed by atoms with Crippen LogP contribution in [0.4, 0.5) is 4.79 Å². The number of amides is 2. The number of rotatable bonds is 6. The van der Waals surface area contributed by atoms with Crippen molar-refractivity contribution in [3.63, 3.8) is 0 Å². The summed E-state index contributed by atoms with van der Waals surface area (Å²) in [5.41, 5.74) is 2.34. The van der Waals surface area contributed by atoms with Crippen LogP contribution in [-0.4, -0.2) is 19.7 Å². The predicted octanol–water partition coefficient (Wildman–Crippen LogP) is 3.88. The highest BCUT2D eigenvalue weighted by Crippen LogP contribution is 2.47. The molecule has 24 heavy (non-hydrogen) atoms. The zero-order valence-electron chi connectivity index (χ0n) is 13.6. The number of methoxy groups -OCH3 is 1. The highest BCUT2D eigenvalue weighted by atomic mass is 35.5. The van der Waals surface area contributed by atoms with E-state index in [9.17, 15) is 4.79 Å². The molecule has 0 bridgehead atoms. The first-order valence-corrected chi connectivity index (χ1v) is 8.40. The zero-order chi connectivity index (χ0) is 17.0. The van der Waals surface area contributed by atoms with Gasteiger partial charge >= 0.3 is 6.03 Å². The molecule has 5 heteroatoms. The van der Waals surface area contributed by atoms with Crippen LogP contribution in [0, 0.1) is 0 Å². The van der Waals surface area contributed by atoms with Gasteiger partial charge in [-0.05, 0) is 48.2 Å². The molecule has 1 saturated carbocycles. The lowest BCUT2D eigenvalue weighted by Gasteiger charge is -2.17. The van der Waals surface area contributed by atoms with Gasteiger partial charge in [-0.2, -0.15) is 0 Å². The summed E-state index contributed by atoms with van der Waals surface area (Å²) in [6.45, 7) is 1.13. The lowest BCUT2D eigenvalue weighted by molar-refractivity contribution is 0.239. The predicted molar refractivity (Wildman–Crippen MR) is 95.6 cm³/mol. The molecular weight excluding hydrogens is 324 g/mol. The van der Waals surface area contributed by atoms with E-state index in [0.717, 1.165) is 29.2 Å². The molecule has 0 unspecified atom stereocenters. The first-order valence-electron chi connectivity index (χ1n) is 8.02. The minimum atomic E-state index is -0.147. The van der Waals surface area contributed by atoms with Gasteiger partial charge < -0.3 is 15.4 Å². The highest BCUT2D eigenvalue weighted by molar-refractivity contribution is 6.30. The van der Waals surface area contributed by atoms with Crippen LogP contribution in [0.25, 0.3) is 0 Å². The summed E-state index contributed by atoms with van der Waals surface area (Å²) in [5, 5.41) is 6.60. The summed E-state index contributed by atoms with van der Waals surface area (Å²) in [6.07, 6.45) is 2.18. The number of nitrogens with one attached hydrogen (secondary N) is 2. The van der Waals surface area contributed by atoms with Gasteiger partial charge in [0.1, 0.15) is 5.75 Å². The van der Waals surface area contributed by atoms with Crippen molar-refractivity contribution in [1.82, 2.24) is 10.6 Å². The summed E-state index contributed by atoms with van der Waals surface area (Å²) < 4.78 is 5.12. The Balaban J connectivity index is 1.47. The van der Waals surface area contributed by atoms with Crippen LogP contribution in [-0.2, 0) is 12.0 Å². The van der Waals surface area contributed by atoms with Gasteiger partial charge in [0.25, 0.3) is 0 Å². The highest BCUT2D eigenvalue weighted by Gasteiger charge is 2.44. The Hall–Kier alpha value is -2.20. The third-order valence-electron chi connectivity index (χ3n) is 4.51. The Bertz CT molecular complexity index is 694. The van der Waals surface area contributed by atoms with Gasteiger partial charge in [-0.1, -0.05) is 35.9 Å². The first-order chi connectivity index (χ1) is 11.6. The second kappa shape index (κ2) is 7.14. The van der Waals surface area contributed by atoms with Crippen LogP contribution in [0.15, 0.2) is 48.5 Å². The van der Waals surface area contributed by atoms with E-state index >= 15 is 0 Å². The molecule has 0 aromatic heterocycles. The molecule has 1 aliphatic rings. The maximum absolute atomic E-state index is 12.0. The lowest BCUT2D eigenvalue weighted by atomic mass is 9.96. The normalized spacial score (nSPS) is 14.8. The van der Waals surface area contributed by atoms with Gasteiger partial charge in [-0.15, -0.1) is 0 Å². The molecule has 3 rings (SSSR count). The summed E-state index contributed by atoms with van der Waals surface area (Å²) in [4.78, 5) is 12.0. The fourth-order valence-electron chi connectivity index (χ4n) is 2.76. The second-order valence-corrected chi connectivity index (χ2v) is 6.61. The van der Waals surface area contributed by atoms with Gasteiger partial charge in [0, 0.05) is 23.5 Å². The smallest absolute Gasteiger partial charge is 0.315 e. The minimum absolute atomic E-state index is 0.0715. The Morgan fingerprint density at radius 2 is 1.75 bits per heavy atom. The van der Waals surface area contributed by atoms with Gasteiger partial charge in [0.2, 0.25) is 0 Å². The number of hydrogen-bond acceptors (Lipinski definition) is 2. The molecule has 2 aromatic rings. The van der Waals surface area contributed by atoms with Crippen molar-refractivity contribution in [2.75, 3.05) is 13.7 Å². The van der Waals surface area contributed by atoms with Crippen LogP contribution in [0.1, 0.15) is 24.0 Å². The quantitative estimate of drug-likeness (QED) is 0.835. The van der Waals surface area contributed by atoms with E-state index in [2.05, 4.69) is 10.6 Å². The van der Waals surface area contributed by atoms with Crippen molar-refractivity contribution >= 4 is 17.6 Å². The van der Waals surface area contributed by atoms with Gasteiger partial charge in [0.05, 0.1) is 7.11 Å². The molecule has 2 aromatic carbocycles. The van der Waals surface area contributed by atoms with Crippen LogP contribution in [0.2, 0.25) is 5.02 Å². The standard InChI is InChI=1S/C19H21ClN2O2/c1-24-17-8-2-14(3-9-17)12-21-18(23)22-13-19(10-11-19)15-4-6-16(20)7-5-15/h2-9H,10-13H2,1H3,(H2,21,22,23). The van der Waals surface area contributed by atoms with Crippen LogP contribution >= 0.6 is 11.6 Å². The van der Waals surface area contributed by atoms with Crippen LogP contribution in [0.5, 0.6) is 5.75 Å². The monoisotopic (exact) mass is 344 g/mol. The van der Waals surface area contributed by atoms with E-state index in [-0.39, 0.29) is 11.4 Å². The molecule has 2 amide bonds. The maximum Gasteiger partial charge on any atom is 0.315 e. The molecule has 4 nitrogen and oxygen atoms in total. The van der Waals surface area contributed by atoms with E-state index in [1.54, 1.807) is 7.11 Å². The third-order valence-corrected chi connectivity index (χ3v) is 4.76. The van der Waals surface area contributed by atoms with Crippen molar-refractivity contribution in [2.45, 2.75) is 24.8 Å². The summed E-state index contributed by atoms with van der Waals surface area (Å²) >= 11 is 5.94. The Kier molecular flexibility index (Phi) is 4.95. The Labute approximate surface area is 147 Å². The Morgan fingerprint density at radius 1 is 1.08 bits per heavy atom. The molecule has 126 valence electrons. The van der Waals surface area contributed by atoms with Crippen LogP contribution < -0.4 is 15.4 Å². The van der Waals surface area contributed by atoms with Crippen molar-refractivity contribution in [3.8, 4) is 5.75 Å². The number of ether oxygens (including phenoxy) is 1. The molecule has 0 radical (unpaired) electrons. The minimum Gasteiger partial charge on any atom is -0.497 e. The van der Waals surface area contributed by atoms with Crippen molar-refractivity contribution in [1.29, 1.82) is 0 Å². The van der Waals surface area contributed by atoms with Gasteiger partial charge in [0.15, 0.2) is 0 Å². The van der Waals surface area contributed by atoms with Crippen molar-refractivity contribution in [3.05, 3.63) is 64.7 Å². The second-order valence-electron chi connectivity index (χ2n) is 6.17. The van der Waals surface area contributed by atoms with E-state index in [1.807, 2.05) is 48.5 Å². The lowest BCUT2D eigenvalue weighted by Crippen LogP contribution is -2.39. The number of hydrogen-bond donors (Lipinski definition) is 2. The average Bonchev–Trinajstić information content (AvgIpc) is 3.40. The SMILES string of the molecule is COc1ccc(CNC(=O)NCC2(c3ccc(Cl)cc3)CC2)cc1. The molecule has 0 heterocycles. The van der Waals surface area contributed by atoms with Crippen molar-refractivity contribution < 1.29 is 9.53 Å². The largest absolute Gasteiger partial charge is 0.497 e. The van der Waals surface area contributed by atoms with Gasteiger partial charge in [-0.25, -0.2) is 4.79 Å². The molecule has 0 saturated heterocycles. The van der Waals surface area contributed by atoms with Crippen molar-refractivity contribution in [2.24, 2.45) is 0 Å². The number of halogens is 1. The molecule has 0 atom stereocenters. The molecular formula is C19H21ClN2O2. The number of carbonyl (C=O) groups is 1. The zero-order valence-corrected chi connectivity index (χ0v) is 14.4. The molecule has 0 spiro atoms. The molecule has 0 aliphatic heterocycles. The van der Waals surface area contributed by atoms with Crippen LogP contribution in [0.3, 0.4) is 0 Å². The van der Waals surface area contributed by atoms with E-state index in [4.69, 9.17) is 16.3 Å². The molecule has 1 aliphatic carbocycles. The Morgan fingerprint density at radius 3 is 2.33 bits per heavy atom.